The van der Waals surface area contributed by atoms with Crippen LogP contribution in [0.2, 0.25) is 0 Å². The molecule has 0 saturated carbocycles. The van der Waals surface area contributed by atoms with Gasteiger partial charge in [-0.05, 0) is 24.6 Å². The first-order chi connectivity index (χ1) is 8.49. The van der Waals surface area contributed by atoms with Crippen LogP contribution < -0.4 is 4.72 Å². The number of benzene rings is 1. The third kappa shape index (κ3) is 3.85. The van der Waals surface area contributed by atoms with Gasteiger partial charge in [-0.15, -0.1) is 0 Å². The largest absolute Gasteiger partial charge is 0.240 e. The van der Waals surface area contributed by atoms with Crippen LogP contribution in [-0.2, 0) is 16.4 Å². The van der Waals surface area contributed by atoms with Crippen LogP contribution in [0.5, 0.6) is 0 Å². The molecule has 0 heterocycles. The minimum Gasteiger partial charge on any atom is -0.210 e. The molecular weight excluding hydrogens is 250 g/mol. The van der Waals surface area contributed by atoms with Crippen LogP contribution in [-0.4, -0.2) is 15.0 Å². The van der Waals surface area contributed by atoms with Gasteiger partial charge in [-0.1, -0.05) is 12.1 Å². The first kappa shape index (κ1) is 14.2. The molecule has 0 aromatic heterocycles. The number of rotatable bonds is 5. The van der Waals surface area contributed by atoms with Crippen molar-refractivity contribution in [2.45, 2.75) is 18.2 Å². The number of hydrogen-bond donors (Lipinski definition) is 1. The van der Waals surface area contributed by atoms with Crippen LogP contribution in [0.3, 0.4) is 0 Å². The Hall–Kier alpha value is -1.89. The zero-order valence-corrected chi connectivity index (χ0v) is 10.7. The lowest BCUT2D eigenvalue weighted by atomic mass is 10.2. The van der Waals surface area contributed by atoms with Gasteiger partial charge in [0.05, 0.1) is 29.4 Å². The molecule has 1 N–H and O–H groups in total. The Morgan fingerprint density at radius 1 is 1.28 bits per heavy atom. The number of nitrogens with zero attached hydrogens (tertiary/aromatic N) is 2. The summed E-state index contributed by atoms with van der Waals surface area (Å²) in [6.45, 7) is 1.72. The van der Waals surface area contributed by atoms with E-state index < -0.39 is 10.0 Å². The summed E-state index contributed by atoms with van der Waals surface area (Å²) in [5, 5.41) is 17.1. The lowest BCUT2D eigenvalue weighted by Crippen LogP contribution is -2.27. The van der Waals surface area contributed by atoms with Crippen molar-refractivity contribution in [3.63, 3.8) is 0 Å². The zero-order chi connectivity index (χ0) is 13.6. The van der Waals surface area contributed by atoms with Crippen molar-refractivity contribution in [2.75, 3.05) is 6.54 Å². The molecule has 0 radical (unpaired) electrons. The molecular formula is C12H13N3O2S. The average Bonchev–Trinajstić information content (AvgIpc) is 2.37. The predicted octanol–water partition coefficient (Wildman–Crippen LogP) is 1.19. The number of sulfonamides is 1. The Bertz CT molecular complexity index is 579. The standard InChI is InChI=1S/C12H13N3O2S/c1-10(8-14)9-15-18(16,17)12-4-2-11(3-5-12)6-7-13/h2-5,10,15H,6,9H2,1H3. The van der Waals surface area contributed by atoms with Gasteiger partial charge in [0, 0.05) is 6.54 Å². The number of hydrogen-bond acceptors (Lipinski definition) is 4. The van der Waals surface area contributed by atoms with Crippen LogP contribution in [0, 0.1) is 28.6 Å². The number of nitriles is 2. The molecule has 1 atom stereocenters. The molecule has 1 aromatic rings. The van der Waals surface area contributed by atoms with Gasteiger partial charge in [-0.2, -0.15) is 10.5 Å². The van der Waals surface area contributed by atoms with E-state index in [1.54, 1.807) is 19.1 Å². The summed E-state index contributed by atoms with van der Waals surface area (Å²) < 4.78 is 26.0. The summed E-state index contributed by atoms with van der Waals surface area (Å²) in [5.41, 5.74) is 0.766. The third-order valence-electron chi connectivity index (χ3n) is 2.32. The van der Waals surface area contributed by atoms with Crippen molar-refractivity contribution in [2.24, 2.45) is 5.92 Å². The van der Waals surface area contributed by atoms with Gasteiger partial charge in [-0.3, -0.25) is 0 Å². The van der Waals surface area contributed by atoms with E-state index in [9.17, 15) is 8.42 Å². The van der Waals surface area contributed by atoms with Crippen LogP contribution in [0.1, 0.15) is 12.5 Å². The molecule has 6 heteroatoms. The van der Waals surface area contributed by atoms with Crippen molar-refractivity contribution < 1.29 is 8.42 Å². The first-order valence-electron chi connectivity index (χ1n) is 5.35. The monoisotopic (exact) mass is 263 g/mol. The Morgan fingerprint density at radius 2 is 1.89 bits per heavy atom. The van der Waals surface area contributed by atoms with E-state index in [0.717, 1.165) is 5.56 Å². The fourth-order valence-corrected chi connectivity index (χ4v) is 2.37. The Morgan fingerprint density at radius 3 is 2.39 bits per heavy atom. The Labute approximate surface area is 107 Å². The molecule has 5 nitrogen and oxygen atoms in total. The van der Waals surface area contributed by atoms with E-state index in [1.807, 2.05) is 12.1 Å². The summed E-state index contributed by atoms with van der Waals surface area (Å²) in [7, 11) is -3.58. The van der Waals surface area contributed by atoms with Crippen molar-refractivity contribution in [1.29, 1.82) is 10.5 Å². The molecule has 0 spiro atoms. The second-order valence-electron chi connectivity index (χ2n) is 3.86. The molecule has 1 rings (SSSR count). The van der Waals surface area contributed by atoms with E-state index >= 15 is 0 Å². The first-order valence-corrected chi connectivity index (χ1v) is 6.83. The summed E-state index contributed by atoms with van der Waals surface area (Å²) >= 11 is 0. The average molecular weight is 263 g/mol. The lowest BCUT2D eigenvalue weighted by Gasteiger charge is -2.07. The maximum atomic E-state index is 11.8. The fourth-order valence-electron chi connectivity index (χ4n) is 1.24. The van der Waals surface area contributed by atoms with Gasteiger partial charge < -0.3 is 0 Å². The van der Waals surface area contributed by atoms with Crippen molar-refractivity contribution in [3.05, 3.63) is 29.8 Å². The highest BCUT2D eigenvalue weighted by Gasteiger charge is 2.14. The molecule has 0 aliphatic carbocycles. The highest BCUT2D eigenvalue weighted by molar-refractivity contribution is 7.89. The van der Waals surface area contributed by atoms with Gasteiger partial charge in [0.25, 0.3) is 0 Å². The Balaban J connectivity index is 2.80. The molecule has 0 fully saturated rings. The van der Waals surface area contributed by atoms with E-state index in [-0.39, 0.29) is 23.8 Å². The predicted molar refractivity (Wildman–Crippen MR) is 65.7 cm³/mol. The summed E-state index contributed by atoms with van der Waals surface area (Å²) in [5.74, 6) is -0.377. The quantitative estimate of drug-likeness (QED) is 0.863. The fraction of sp³-hybridized carbons (Fsp3) is 0.333. The molecule has 0 saturated heterocycles. The van der Waals surface area contributed by atoms with Crippen molar-refractivity contribution in [3.8, 4) is 12.1 Å². The van der Waals surface area contributed by atoms with E-state index in [4.69, 9.17) is 10.5 Å². The molecule has 1 aromatic carbocycles. The van der Waals surface area contributed by atoms with Crippen LogP contribution in [0.25, 0.3) is 0 Å². The summed E-state index contributed by atoms with van der Waals surface area (Å²) in [6.07, 6.45) is 0.249. The Kier molecular flexibility index (Phi) is 4.85. The maximum Gasteiger partial charge on any atom is 0.240 e. The summed E-state index contributed by atoms with van der Waals surface area (Å²) in [4.78, 5) is 0.134. The van der Waals surface area contributed by atoms with Gasteiger partial charge in [0.2, 0.25) is 10.0 Å². The van der Waals surface area contributed by atoms with Crippen LogP contribution in [0.4, 0.5) is 0 Å². The highest BCUT2D eigenvalue weighted by Crippen LogP contribution is 2.11. The number of nitrogens with one attached hydrogen (secondary N) is 1. The lowest BCUT2D eigenvalue weighted by molar-refractivity contribution is 0.573. The molecule has 94 valence electrons. The van der Waals surface area contributed by atoms with Gasteiger partial charge in [-0.25, -0.2) is 13.1 Å². The topological polar surface area (TPSA) is 93.8 Å². The SMILES string of the molecule is CC(C#N)CNS(=O)(=O)c1ccc(CC#N)cc1. The molecule has 0 bridgehead atoms. The minimum atomic E-state index is -3.58. The molecule has 0 aliphatic rings. The molecule has 0 amide bonds. The minimum absolute atomic E-state index is 0.0821. The van der Waals surface area contributed by atoms with E-state index in [0.29, 0.717) is 0 Å². The second kappa shape index (κ2) is 6.15. The van der Waals surface area contributed by atoms with Crippen molar-refractivity contribution >= 4 is 10.0 Å². The molecule has 0 aliphatic heterocycles. The molecule has 18 heavy (non-hydrogen) atoms. The third-order valence-corrected chi connectivity index (χ3v) is 3.76. The van der Waals surface area contributed by atoms with Gasteiger partial charge >= 0.3 is 0 Å². The van der Waals surface area contributed by atoms with Gasteiger partial charge in [0.15, 0.2) is 0 Å². The summed E-state index contributed by atoms with van der Waals surface area (Å²) in [6, 6.07) is 10.0. The maximum absolute atomic E-state index is 11.8. The van der Waals surface area contributed by atoms with Crippen molar-refractivity contribution in [1.82, 2.24) is 4.72 Å². The highest BCUT2D eigenvalue weighted by atomic mass is 32.2. The van der Waals surface area contributed by atoms with Crippen LogP contribution in [0.15, 0.2) is 29.2 Å². The zero-order valence-electron chi connectivity index (χ0n) is 9.92. The van der Waals surface area contributed by atoms with E-state index in [1.165, 1.54) is 12.1 Å². The molecule has 1 unspecified atom stereocenters. The smallest absolute Gasteiger partial charge is 0.210 e. The normalized spacial score (nSPS) is 12.4. The van der Waals surface area contributed by atoms with Gasteiger partial charge in [0.1, 0.15) is 0 Å². The second-order valence-corrected chi connectivity index (χ2v) is 5.63. The van der Waals surface area contributed by atoms with Crippen LogP contribution >= 0.6 is 0 Å². The van der Waals surface area contributed by atoms with E-state index in [2.05, 4.69) is 4.72 Å².